The maximum absolute atomic E-state index is 12.7. The Kier molecular flexibility index (Phi) is 6.08. The summed E-state index contributed by atoms with van der Waals surface area (Å²) in [7, 11) is 0. The summed E-state index contributed by atoms with van der Waals surface area (Å²) in [5, 5.41) is 19.0. The van der Waals surface area contributed by atoms with Gasteiger partial charge in [-0.15, -0.1) is 5.10 Å². The zero-order chi connectivity index (χ0) is 24.8. The lowest BCUT2D eigenvalue weighted by Gasteiger charge is -2.12. The molecular formula is C23H20Cl2N8O2S. The number of nitrogens with zero attached hydrogens (tertiary/aromatic N) is 5. The Morgan fingerprint density at radius 3 is 2.72 bits per heavy atom. The molecule has 4 aromatic rings. The number of carbonyl (C=O) groups excluding carboxylic acids is 2. The minimum absolute atomic E-state index is 0.0191. The molecule has 10 nitrogen and oxygen atoms in total. The molecule has 2 atom stereocenters. The van der Waals surface area contributed by atoms with E-state index in [9.17, 15) is 9.59 Å². The van der Waals surface area contributed by atoms with E-state index in [0.717, 1.165) is 18.4 Å². The minimum Gasteiger partial charge on any atom is -0.323 e. The second-order valence-electron chi connectivity index (χ2n) is 8.85. The fraction of sp³-hybridized carbons (Fsp3) is 0.304. The predicted molar refractivity (Wildman–Crippen MR) is 138 cm³/mol. The standard InChI is InChI=1S/C23H20Cl2N8O2S/c24-12-3-4-15(14(25)7-12)27-21(35)18-8-13(9-26-18)33-10-19(31-32-33)16-5-6-17-22(28-16)36-23(29-17)30-20(34)11-1-2-11/h3-7,10-11,13,18,26H,1-2,8-9H2,(H,27,35)(H,29,30,34)/t13-,18-/m0/s1. The van der Waals surface area contributed by atoms with Crippen LogP contribution in [0.5, 0.6) is 0 Å². The van der Waals surface area contributed by atoms with Crippen LogP contribution in [0.4, 0.5) is 10.8 Å². The lowest BCUT2D eigenvalue weighted by Crippen LogP contribution is -2.35. The van der Waals surface area contributed by atoms with Crippen molar-refractivity contribution in [3.63, 3.8) is 0 Å². The second kappa shape index (κ2) is 9.40. The third-order valence-electron chi connectivity index (χ3n) is 6.19. The van der Waals surface area contributed by atoms with Crippen LogP contribution in [0.1, 0.15) is 25.3 Å². The first kappa shape index (κ1) is 23.3. The van der Waals surface area contributed by atoms with Crippen LogP contribution in [0.2, 0.25) is 10.0 Å². The highest BCUT2D eigenvalue weighted by Crippen LogP contribution is 2.33. The number of hydrogen-bond donors (Lipinski definition) is 3. The normalized spacial score (nSPS) is 19.5. The Hall–Kier alpha value is -3.12. The van der Waals surface area contributed by atoms with Crippen molar-refractivity contribution in [3.05, 3.63) is 46.6 Å². The fourth-order valence-corrected chi connectivity index (χ4v) is 5.36. The highest BCUT2D eigenvalue weighted by atomic mass is 35.5. The average Bonchev–Trinajstić information content (AvgIpc) is 3.23. The van der Waals surface area contributed by atoms with Gasteiger partial charge in [-0.25, -0.2) is 14.6 Å². The molecule has 1 aliphatic carbocycles. The Labute approximate surface area is 219 Å². The molecule has 2 amide bonds. The summed E-state index contributed by atoms with van der Waals surface area (Å²) in [6.07, 6.45) is 4.25. The van der Waals surface area contributed by atoms with Crippen molar-refractivity contribution in [2.75, 3.05) is 17.2 Å². The number of halogens is 2. The highest BCUT2D eigenvalue weighted by molar-refractivity contribution is 7.22. The average molecular weight is 543 g/mol. The van der Waals surface area contributed by atoms with Crippen LogP contribution >= 0.6 is 34.5 Å². The van der Waals surface area contributed by atoms with Gasteiger partial charge < -0.3 is 16.0 Å². The molecule has 1 saturated carbocycles. The van der Waals surface area contributed by atoms with Crippen molar-refractivity contribution in [3.8, 4) is 11.4 Å². The lowest BCUT2D eigenvalue weighted by atomic mass is 10.1. The number of fused-ring (bicyclic) bond motifs is 1. The third-order valence-corrected chi connectivity index (χ3v) is 7.62. The second-order valence-corrected chi connectivity index (χ2v) is 10.7. The van der Waals surface area contributed by atoms with Crippen molar-refractivity contribution in [1.29, 1.82) is 0 Å². The van der Waals surface area contributed by atoms with Crippen LogP contribution in [0.3, 0.4) is 0 Å². The summed E-state index contributed by atoms with van der Waals surface area (Å²) in [6.45, 7) is 0.570. The third kappa shape index (κ3) is 4.79. The van der Waals surface area contributed by atoms with Crippen LogP contribution in [-0.4, -0.2) is 49.4 Å². The van der Waals surface area contributed by atoms with E-state index in [4.69, 9.17) is 23.2 Å². The molecule has 0 radical (unpaired) electrons. The van der Waals surface area contributed by atoms with Crippen molar-refractivity contribution < 1.29 is 9.59 Å². The van der Waals surface area contributed by atoms with E-state index < -0.39 is 6.04 Å². The fourth-order valence-electron chi connectivity index (χ4n) is 4.07. The van der Waals surface area contributed by atoms with E-state index in [2.05, 4.69) is 36.2 Å². The molecule has 0 bridgehead atoms. The summed E-state index contributed by atoms with van der Waals surface area (Å²) in [6, 6.07) is 8.19. The molecule has 1 aliphatic heterocycles. The van der Waals surface area contributed by atoms with Crippen LogP contribution in [-0.2, 0) is 9.59 Å². The summed E-state index contributed by atoms with van der Waals surface area (Å²) in [4.78, 5) is 34.6. The highest BCUT2D eigenvalue weighted by Gasteiger charge is 2.32. The number of carbonyl (C=O) groups is 2. The molecular weight excluding hydrogens is 523 g/mol. The summed E-state index contributed by atoms with van der Waals surface area (Å²) in [5.74, 6) is -0.0452. The molecule has 3 aromatic heterocycles. The first-order valence-electron chi connectivity index (χ1n) is 11.4. The van der Waals surface area contributed by atoms with Gasteiger partial charge in [-0.1, -0.05) is 39.8 Å². The number of pyridine rings is 1. The largest absolute Gasteiger partial charge is 0.323 e. The molecule has 1 saturated heterocycles. The van der Waals surface area contributed by atoms with Crippen LogP contribution in [0.15, 0.2) is 36.5 Å². The SMILES string of the molecule is O=C(Nc1nc2ccc(-c3cn([C@@H]4CN[C@H](C(=O)Nc5ccc(Cl)cc5Cl)C4)nn3)nc2s1)C1CC1. The van der Waals surface area contributed by atoms with Crippen molar-refractivity contribution >= 4 is 67.5 Å². The number of hydrogen-bond acceptors (Lipinski definition) is 8. The first-order chi connectivity index (χ1) is 17.4. The van der Waals surface area contributed by atoms with Gasteiger partial charge in [-0.3, -0.25) is 9.59 Å². The van der Waals surface area contributed by atoms with E-state index in [1.165, 1.54) is 11.3 Å². The van der Waals surface area contributed by atoms with Crippen LogP contribution in [0.25, 0.3) is 21.7 Å². The molecule has 4 heterocycles. The number of benzene rings is 1. The Morgan fingerprint density at radius 1 is 1.06 bits per heavy atom. The smallest absolute Gasteiger partial charge is 0.241 e. The maximum Gasteiger partial charge on any atom is 0.241 e. The minimum atomic E-state index is -0.398. The van der Waals surface area contributed by atoms with Crippen LogP contribution < -0.4 is 16.0 Å². The molecule has 0 unspecified atom stereocenters. The number of nitrogens with one attached hydrogen (secondary N) is 3. The zero-order valence-corrected chi connectivity index (χ0v) is 21.1. The van der Waals surface area contributed by atoms with Gasteiger partial charge in [0.05, 0.1) is 34.7 Å². The maximum atomic E-state index is 12.7. The van der Waals surface area contributed by atoms with E-state index >= 15 is 0 Å². The van der Waals surface area contributed by atoms with E-state index in [-0.39, 0.29) is 23.8 Å². The van der Waals surface area contributed by atoms with Crippen molar-refractivity contribution in [2.24, 2.45) is 5.92 Å². The molecule has 13 heteroatoms. The molecule has 0 spiro atoms. The number of amides is 2. The molecule has 6 rings (SSSR count). The molecule has 2 fully saturated rings. The van der Waals surface area contributed by atoms with Gasteiger partial charge in [-0.05, 0) is 49.6 Å². The van der Waals surface area contributed by atoms with Crippen LogP contribution in [0, 0.1) is 5.92 Å². The Balaban J connectivity index is 1.12. The number of thiazole rings is 1. The lowest BCUT2D eigenvalue weighted by molar-refractivity contribution is -0.118. The Bertz CT molecular complexity index is 1480. The monoisotopic (exact) mass is 542 g/mol. The number of aromatic nitrogens is 5. The summed E-state index contributed by atoms with van der Waals surface area (Å²) >= 11 is 13.4. The van der Waals surface area contributed by atoms with E-state index in [1.807, 2.05) is 18.3 Å². The number of anilines is 2. The van der Waals surface area contributed by atoms with Gasteiger partial charge in [0.25, 0.3) is 0 Å². The quantitative estimate of drug-likeness (QED) is 0.334. The molecule has 2 aliphatic rings. The van der Waals surface area contributed by atoms with Gasteiger partial charge in [0.15, 0.2) is 5.13 Å². The number of rotatable bonds is 6. The van der Waals surface area contributed by atoms with Gasteiger partial charge >= 0.3 is 0 Å². The molecule has 1 aromatic carbocycles. The van der Waals surface area contributed by atoms with Crippen molar-refractivity contribution in [1.82, 2.24) is 30.3 Å². The van der Waals surface area contributed by atoms with Crippen molar-refractivity contribution in [2.45, 2.75) is 31.3 Å². The van der Waals surface area contributed by atoms with Gasteiger partial charge in [0.1, 0.15) is 16.0 Å². The molecule has 184 valence electrons. The predicted octanol–water partition coefficient (Wildman–Crippen LogP) is 4.15. The zero-order valence-electron chi connectivity index (χ0n) is 18.7. The topological polar surface area (TPSA) is 127 Å². The van der Waals surface area contributed by atoms with Gasteiger partial charge in [0, 0.05) is 17.5 Å². The van der Waals surface area contributed by atoms with E-state index in [1.54, 1.807) is 22.9 Å². The van der Waals surface area contributed by atoms with E-state index in [0.29, 0.717) is 50.0 Å². The first-order valence-corrected chi connectivity index (χ1v) is 13.0. The Morgan fingerprint density at radius 2 is 1.92 bits per heavy atom. The molecule has 3 N–H and O–H groups in total. The van der Waals surface area contributed by atoms with Gasteiger partial charge in [0.2, 0.25) is 11.8 Å². The van der Waals surface area contributed by atoms with Gasteiger partial charge in [-0.2, -0.15) is 0 Å². The molecule has 36 heavy (non-hydrogen) atoms. The summed E-state index contributed by atoms with van der Waals surface area (Å²) < 4.78 is 1.75. The summed E-state index contributed by atoms with van der Waals surface area (Å²) in [5.41, 5.74) is 2.51.